The topological polar surface area (TPSA) is 72.8 Å². The van der Waals surface area contributed by atoms with Crippen LogP contribution in [0, 0.1) is 6.92 Å². The van der Waals surface area contributed by atoms with Crippen LogP contribution in [0.3, 0.4) is 0 Å². The second-order valence-corrected chi connectivity index (χ2v) is 9.36. The number of phenols is 2. The molecular formula is C29H36N2O3. The minimum absolute atomic E-state index is 0.0181. The highest BCUT2D eigenvalue weighted by Crippen LogP contribution is 2.42. The Kier molecular flexibility index (Phi) is 8.21. The summed E-state index contributed by atoms with van der Waals surface area (Å²) in [4.78, 5) is 15.1. The van der Waals surface area contributed by atoms with Gasteiger partial charge in [0.15, 0.2) is 0 Å². The first-order chi connectivity index (χ1) is 16.2. The fraction of sp³-hybridized carbons (Fsp3) is 0.345. The smallest absolute Gasteiger partial charge is 0.260 e. The minimum atomic E-state index is -0.221. The van der Waals surface area contributed by atoms with Gasteiger partial charge in [0.25, 0.3) is 5.91 Å². The van der Waals surface area contributed by atoms with Crippen molar-refractivity contribution in [3.63, 3.8) is 0 Å². The number of amides is 1. The number of fused-ring (bicyclic) bond motifs is 2. The number of rotatable bonds is 8. The standard InChI is InChI=1S/C29H36N2O3/c1-19(2)9-6-10-20(3)11-7-12-21(4)15-16-31-25-18-23(32)17-22(5)27(25)30-28-24(29(31)34)13-8-14-26(28)33/h8-9,11,13-15,17-18,30,32-33H,6-7,10,12,16H2,1-5H3/b20-11+,21-15+. The number of benzene rings is 2. The number of anilines is 3. The van der Waals surface area contributed by atoms with Gasteiger partial charge in [-0.05, 0) is 84.1 Å². The van der Waals surface area contributed by atoms with Crippen molar-refractivity contribution in [2.75, 3.05) is 16.8 Å². The van der Waals surface area contributed by atoms with Gasteiger partial charge in [0.05, 0.1) is 22.6 Å². The summed E-state index contributed by atoms with van der Waals surface area (Å²) in [6, 6.07) is 8.17. The summed E-state index contributed by atoms with van der Waals surface area (Å²) in [5.41, 5.74) is 6.83. The van der Waals surface area contributed by atoms with Crippen molar-refractivity contribution in [3.05, 3.63) is 76.4 Å². The number of allylic oxidation sites excluding steroid dienone is 5. The minimum Gasteiger partial charge on any atom is -0.508 e. The third-order valence-corrected chi connectivity index (χ3v) is 6.10. The second kappa shape index (κ2) is 11.1. The Labute approximate surface area is 203 Å². The first-order valence-electron chi connectivity index (χ1n) is 11.9. The molecule has 0 radical (unpaired) electrons. The van der Waals surface area contributed by atoms with Crippen molar-refractivity contribution in [2.24, 2.45) is 0 Å². The van der Waals surface area contributed by atoms with Crippen LogP contribution in [0.5, 0.6) is 11.5 Å². The van der Waals surface area contributed by atoms with Crippen molar-refractivity contribution in [1.29, 1.82) is 0 Å². The summed E-state index contributed by atoms with van der Waals surface area (Å²) >= 11 is 0. The van der Waals surface area contributed by atoms with E-state index in [1.807, 2.05) is 6.92 Å². The summed E-state index contributed by atoms with van der Waals surface area (Å²) in [5.74, 6) is -0.105. The molecule has 1 amide bonds. The molecule has 2 aromatic carbocycles. The van der Waals surface area contributed by atoms with Crippen molar-refractivity contribution in [2.45, 2.75) is 60.3 Å². The number of hydrogen-bond acceptors (Lipinski definition) is 4. The largest absolute Gasteiger partial charge is 0.508 e. The average Bonchev–Trinajstić information content (AvgIpc) is 2.87. The van der Waals surface area contributed by atoms with Crippen LogP contribution in [-0.4, -0.2) is 22.7 Å². The lowest BCUT2D eigenvalue weighted by Crippen LogP contribution is -2.30. The van der Waals surface area contributed by atoms with E-state index in [1.54, 1.807) is 35.2 Å². The second-order valence-electron chi connectivity index (χ2n) is 9.36. The van der Waals surface area contributed by atoms with Gasteiger partial charge < -0.3 is 20.4 Å². The molecule has 34 heavy (non-hydrogen) atoms. The summed E-state index contributed by atoms with van der Waals surface area (Å²) in [6.45, 7) is 10.8. The molecule has 0 spiro atoms. The molecule has 0 aliphatic carbocycles. The Morgan fingerprint density at radius 1 is 0.941 bits per heavy atom. The van der Waals surface area contributed by atoms with E-state index in [-0.39, 0.29) is 17.4 Å². The molecule has 3 rings (SSSR count). The molecule has 3 N–H and O–H groups in total. The van der Waals surface area contributed by atoms with E-state index in [2.05, 4.69) is 51.2 Å². The third kappa shape index (κ3) is 6.10. The molecule has 0 unspecified atom stereocenters. The molecule has 0 fully saturated rings. The Morgan fingerprint density at radius 2 is 1.62 bits per heavy atom. The van der Waals surface area contributed by atoms with E-state index in [4.69, 9.17) is 0 Å². The van der Waals surface area contributed by atoms with Crippen molar-refractivity contribution < 1.29 is 15.0 Å². The number of aryl methyl sites for hydroxylation is 1. The van der Waals surface area contributed by atoms with Crippen molar-refractivity contribution >= 4 is 23.0 Å². The summed E-state index contributed by atoms with van der Waals surface area (Å²) in [5, 5.41) is 23.9. The lowest BCUT2D eigenvalue weighted by molar-refractivity contribution is 0.0991. The molecule has 1 heterocycles. The van der Waals surface area contributed by atoms with Crippen molar-refractivity contribution in [1.82, 2.24) is 0 Å². The number of nitrogens with zero attached hydrogens (tertiary/aromatic N) is 1. The molecular weight excluding hydrogens is 424 g/mol. The predicted molar refractivity (Wildman–Crippen MR) is 141 cm³/mol. The van der Waals surface area contributed by atoms with Crippen LogP contribution >= 0.6 is 0 Å². The van der Waals surface area contributed by atoms with Gasteiger partial charge in [-0.2, -0.15) is 0 Å². The molecule has 180 valence electrons. The fourth-order valence-electron chi connectivity index (χ4n) is 4.12. The molecule has 5 nitrogen and oxygen atoms in total. The van der Waals surface area contributed by atoms with Gasteiger partial charge >= 0.3 is 0 Å². The summed E-state index contributed by atoms with van der Waals surface area (Å²) in [6.07, 6.45) is 10.7. The number of nitrogens with one attached hydrogen (secondary N) is 1. The van der Waals surface area contributed by atoms with Gasteiger partial charge in [0.1, 0.15) is 11.5 Å². The number of carbonyl (C=O) groups is 1. The molecule has 1 aliphatic heterocycles. The van der Waals surface area contributed by atoms with Crippen LogP contribution in [0.15, 0.2) is 65.3 Å². The van der Waals surface area contributed by atoms with Gasteiger partial charge in [-0.3, -0.25) is 4.79 Å². The van der Waals surface area contributed by atoms with Gasteiger partial charge in [0.2, 0.25) is 0 Å². The van der Waals surface area contributed by atoms with Gasteiger partial charge in [0, 0.05) is 12.6 Å². The van der Waals surface area contributed by atoms with Crippen LogP contribution in [0.4, 0.5) is 17.1 Å². The van der Waals surface area contributed by atoms with Crippen LogP contribution < -0.4 is 10.2 Å². The van der Waals surface area contributed by atoms with E-state index in [0.29, 0.717) is 29.2 Å². The Morgan fingerprint density at radius 3 is 2.32 bits per heavy atom. The predicted octanol–water partition coefficient (Wildman–Crippen LogP) is 7.53. The maximum absolute atomic E-state index is 13.5. The van der Waals surface area contributed by atoms with E-state index >= 15 is 0 Å². The lowest BCUT2D eigenvalue weighted by atomic mass is 10.1. The highest BCUT2D eigenvalue weighted by atomic mass is 16.3. The Balaban J connectivity index is 1.80. The van der Waals surface area contributed by atoms with Crippen LogP contribution in [0.1, 0.15) is 69.3 Å². The van der Waals surface area contributed by atoms with Gasteiger partial charge in [-0.1, -0.05) is 41.0 Å². The molecule has 2 aromatic rings. The van der Waals surface area contributed by atoms with Crippen LogP contribution in [0.2, 0.25) is 0 Å². The van der Waals surface area contributed by atoms with Crippen molar-refractivity contribution in [3.8, 4) is 11.5 Å². The zero-order valence-electron chi connectivity index (χ0n) is 20.9. The molecule has 0 saturated heterocycles. The zero-order valence-corrected chi connectivity index (χ0v) is 20.9. The first-order valence-corrected chi connectivity index (χ1v) is 11.9. The molecule has 0 atom stereocenters. The van der Waals surface area contributed by atoms with E-state index < -0.39 is 0 Å². The highest BCUT2D eigenvalue weighted by Gasteiger charge is 2.29. The van der Waals surface area contributed by atoms with E-state index in [1.165, 1.54) is 16.7 Å². The molecule has 0 aromatic heterocycles. The van der Waals surface area contributed by atoms with E-state index in [9.17, 15) is 15.0 Å². The maximum atomic E-state index is 13.5. The SMILES string of the molecule is CC(C)=CCC/C(C)=C/CC/C(C)=C/CN1C(=O)c2cccc(O)c2Nc2c(C)cc(O)cc21. The maximum Gasteiger partial charge on any atom is 0.260 e. The zero-order chi connectivity index (χ0) is 24.8. The number of hydrogen-bond donors (Lipinski definition) is 3. The monoisotopic (exact) mass is 460 g/mol. The number of phenolic OH excluding ortho intramolecular Hbond substituents is 2. The quantitative estimate of drug-likeness (QED) is 0.216. The van der Waals surface area contributed by atoms with Crippen LogP contribution in [0.25, 0.3) is 0 Å². The number of carbonyl (C=O) groups excluding carboxylic acids is 1. The summed E-state index contributed by atoms with van der Waals surface area (Å²) < 4.78 is 0. The average molecular weight is 461 g/mol. The first kappa shape index (κ1) is 25.2. The number of aromatic hydroxyl groups is 2. The Hall–Kier alpha value is -3.47. The fourth-order valence-corrected chi connectivity index (χ4v) is 4.12. The molecule has 1 aliphatic rings. The molecule has 0 bridgehead atoms. The van der Waals surface area contributed by atoms with Gasteiger partial charge in [-0.15, -0.1) is 0 Å². The van der Waals surface area contributed by atoms with Crippen LogP contribution in [-0.2, 0) is 0 Å². The third-order valence-electron chi connectivity index (χ3n) is 6.10. The van der Waals surface area contributed by atoms with E-state index in [0.717, 1.165) is 31.2 Å². The molecule has 5 heteroatoms. The molecule has 0 saturated carbocycles. The highest BCUT2D eigenvalue weighted by molar-refractivity contribution is 6.15. The lowest BCUT2D eigenvalue weighted by Gasteiger charge is -2.23. The number of para-hydroxylation sites is 1. The normalized spacial score (nSPS) is 13.7. The Bertz CT molecular complexity index is 1150. The summed E-state index contributed by atoms with van der Waals surface area (Å²) in [7, 11) is 0. The van der Waals surface area contributed by atoms with Gasteiger partial charge in [-0.25, -0.2) is 0 Å².